The smallest absolute Gasteiger partial charge is 0.329 e. The van der Waals surface area contributed by atoms with Crippen LogP contribution < -0.4 is 4.90 Å². The van der Waals surface area contributed by atoms with E-state index in [9.17, 15) is 9.90 Å². The molecule has 0 radical (unpaired) electrons. The summed E-state index contributed by atoms with van der Waals surface area (Å²) in [6.45, 7) is 7.71. The summed E-state index contributed by atoms with van der Waals surface area (Å²) < 4.78 is 5.26. The summed E-state index contributed by atoms with van der Waals surface area (Å²) in [4.78, 5) is 15.3. The van der Waals surface area contributed by atoms with Gasteiger partial charge in [0.25, 0.3) is 0 Å². The molecule has 0 aromatic carbocycles. The molecule has 21 heavy (non-hydrogen) atoms. The van der Waals surface area contributed by atoms with Crippen LogP contribution in [0, 0.1) is 0 Å². The van der Waals surface area contributed by atoms with Crippen LogP contribution in [0.4, 0.5) is 10.7 Å². The lowest BCUT2D eigenvalue weighted by Crippen LogP contribution is -2.36. The van der Waals surface area contributed by atoms with Crippen LogP contribution in [0.1, 0.15) is 30.9 Å². The van der Waals surface area contributed by atoms with Crippen LogP contribution in [0.3, 0.4) is 0 Å². The van der Waals surface area contributed by atoms with Gasteiger partial charge in [-0.15, -0.1) is 13.2 Å². The Hall–Kier alpha value is -2.08. The third kappa shape index (κ3) is 2.35. The number of carbonyl (C=O) groups is 1. The average molecular weight is 289 g/mol. The lowest BCUT2D eigenvalue weighted by molar-refractivity contribution is 0.122. The van der Waals surface area contributed by atoms with E-state index in [2.05, 4.69) is 18.3 Å². The van der Waals surface area contributed by atoms with Crippen molar-refractivity contribution in [3.05, 3.63) is 37.1 Å². The predicted molar refractivity (Wildman–Crippen MR) is 77.9 cm³/mol. The van der Waals surface area contributed by atoms with Crippen molar-refractivity contribution in [2.45, 2.75) is 37.5 Å². The largest absolute Gasteiger partial charge is 0.371 e. The molecule has 2 amide bonds. The van der Waals surface area contributed by atoms with Crippen LogP contribution in [0.2, 0.25) is 0 Å². The fraction of sp³-hybridized carbons (Fsp3) is 0.467. The number of urea groups is 1. The number of nitrogens with zero attached hydrogens (tertiary/aromatic N) is 3. The van der Waals surface area contributed by atoms with Gasteiger partial charge in [-0.1, -0.05) is 17.3 Å². The van der Waals surface area contributed by atoms with Gasteiger partial charge in [0, 0.05) is 18.5 Å². The first kappa shape index (κ1) is 13.9. The van der Waals surface area contributed by atoms with Gasteiger partial charge in [-0.25, -0.2) is 9.69 Å². The first-order valence-electron chi connectivity index (χ1n) is 7.13. The van der Waals surface area contributed by atoms with Crippen LogP contribution >= 0.6 is 0 Å². The van der Waals surface area contributed by atoms with Gasteiger partial charge in [0.05, 0.1) is 11.7 Å². The second-order valence-electron chi connectivity index (χ2n) is 5.46. The summed E-state index contributed by atoms with van der Waals surface area (Å²) in [6.07, 6.45) is 5.06. The van der Waals surface area contributed by atoms with Gasteiger partial charge < -0.3 is 14.5 Å². The highest BCUT2D eigenvalue weighted by molar-refractivity contribution is 5.94. The van der Waals surface area contributed by atoms with Gasteiger partial charge in [0.2, 0.25) is 5.88 Å². The molecule has 0 spiro atoms. The Morgan fingerprint density at radius 3 is 2.81 bits per heavy atom. The van der Waals surface area contributed by atoms with Gasteiger partial charge in [0.15, 0.2) is 6.23 Å². The number of aromatic nitrogens is 1. The lowest BCUT2D eigenvalue weighted by atomic mass is 10.1. The predicted octanol–water partition coefficient (Wildman–Crippen LogP) is 2.24. The molecule has 1 aliphatic heterocycles. The Balaban J connectivity index is 1.87. The fourth-order valence-electron chi connectivity index (χ4n) is 2.69. The van der Waals surface area contributed by atoms with Gasteiger partial charge in [0.1, 0.15) is 0 Å². The molecule has 6 heteroatoms. The Labute approximate surface area is 123 Å². The molecular formula is C15H19N3O3. The molecule has 1 saturated heterocycles. The molecule has 1 N–H and O–H groups in total. The monoisotopic (exact) mass is 289 g/mol. The van der Waals surface area contributed by atoms with Crippen molar-refractivity contribution >= 4 is 11.9 Å². The van der Waals surface area contributed by atoms with Gasteiger partial charge in [-0.2, -0.15) is 0 Å². The summed E-state index contributed by atoms with van der Waals surface area (Å²) in [5.74, 6) is 0.737. The highest BCUT2D eigenvalue weighted by Gasteiger charge is 2.46. The quantitative estimate of drug-likeness (QED) is 0.815. The molecule has 3 rings (SSSR count). The SMILES string of the molecule is C=CCC1C(O)N(c2cc(C3CC3)no2)C(=O)N1CC=C. The molecule has 2 unspecified atom stereocenters. The van der Waals surface area contributed by atoms with Crippen LogP contribution in [-0.2, 0) is 0 Å². The molecule has 1 saturated carbocycles. The van der Waals surface area contributed by atoms with Gasteiger partial charge >= 0.3 is 6.03 Å². The molecule has 1 aromatic rings. The van der Waals surface area contributed by atoms with Crippen molar-refractivity contribution < 1.29 is 14.4 Å². The molecule has 6 nitrogen and oxygen atoms in total. The molecular weight excluding hydrogens is 270 g/mol. The first-order chi connectivity index (χ1) is 10.2. The molecule has 112 valence electrons. The number of anilines is 1. The Morgan fingerprint density at radius 2 is 2.19 bits per heavy atom. The van der Waals surface area contributed by atoms with Crippen molar-refractivity contribution in [2.75, 3.05) is 11.4 Å². The summed E-state index contributed by atoms with van der Waals surface area (Å²) in [5, 5.41) is 14.5. The second kappa shape index (κ2) is 5.37. The molecule has 1 aliphatic carbocycles. The van der Waals surface area contributed by atoms with E-state index >= 15 is 0 Å². The molecule has 0 bridgehead atoms. The zero-order valence-electron chi connectivity index (χ0n) is 11.8. The number of aliphatic hydroxyl groups is 1. The molecule has 1 aromatic heterocycles. The third-order valence-electron chi connectivity index (χ3n) is 3.94. The molecule has 2 atom stereocenters. The second-order valence-corrected chi connectivity index (χ2v) is 5.46. The van der Waals surface area contributed by atoms with Gasteiger partial charge in [-0.05, 0) is 19.3 Å². The van der Waals surface area contributed by atoms with E-state index in [1.807, 2.05) is 0 Å². The number of hydrogen-bond acceptors (Lipinski definition) is 4. The number of aliphatic hydroxyl groups excluding tert-OH is 1. The lowest BCUT2D eigenvalue weighted by Gasteiger charge is -2.21. The summed E-state index contributed by atoms with van der Waals surface area (Å²) in [6, 6.07) is 1.09. The molecule has 2 aliphatic rings. The minimum atomic E-state index is -0.976. The van der Waals surface area contributed by atoms with Crippen molar-refractivity contribution in [1.82, 2.24) is 10.1 Å². The topological polar surface area (TPSA) is 69.8 Å². The minimum Gasteiger partial charge on any atom is -0.371 e. The summed E-state index contributed by atoms with van der Waals surface area (Å²) >= 11 is 0. The normalized spacial score (nSPS) is 25.5. The summed E-state index contributed by atoms with van der Waals surface area (Å²) in [7, 11) is 0. The van der Waals surface area contributed by atoms with Crippen LogP contribution in [-0.4, -0.2) is 40.0 Å². The Morgan fingerprint density at radius 1 is 1.43 bits per heavy atom. The third-order valence-corrected chi connectivity index (χ3v) is 3.94. The van der Waals surface area contributed by atoms with Crippen LogP contribution in [0.5, 0.6) is 0 Å². The number of hydrogen-bond donors (Lipinski definition) is 1. The molecule has 2 heterocycles. The van der Waals surface area contributed by atoms with E-state index in [-0.39, 0.29) is 12.1 Å². The highest BCUT2D eigenvalue weighted by Crippen LogP contribution is 2.41. The van der Waals surface area contributed by atoms with E-state index in [0.29, 0.717) is 24.8 Å². The zero-order chi connectivity index (χ0) is 15.0. The van der Waals surface area contributed by atoms with E-state index in [1.165, 1.54) is 4.90 Å². The molecule has 2 fully saturated rings. The van der Waals surface area contributed by atoms with Crippen molar-refractivity contribution in [3.8, 4) is 0 Å². The average Bonchev–Trinajstić information content (AvgIpc) is 3.17. The van der Waals surface area contributed by atoms with E-state index < -0.39 is 6.23 Å². The number of carbonyl (C=O) groups excluding carboxylic acids is 1. The van der Waals surface area contributed by atoms with E-state index in [4.69, 9.17) is 4.52 Å². The van der Waals surface area contributed by atoms with Crippen LogP contribution in [0.15, 0.2) is 35.9 Å². The fourth-order valence-corrected chi connectivity index (χ4v) is 2.69. The van der Waals surface area contributed by atoms with Crippen molar-refractivity contribution in [2.24, 2.45) is 0 Å². The number of rotatable bonds is 6. The minimum absolute atomic E-state index is 0.298. The summed E-state index contributed by atoms with van der Waals surface area (Å²) in [5.41, 5.74) is 0.854. The van der Waals surface area contributed by atoms with Crippen molar-refractivity contribution in [1.29, 1.82) is 0 Å². The zero-order valence-corrected chi connectivity index (χ0v) is 11.8. The highest BCUT2D eigenvalue weighted by atomic mass is 16.5. The Kier molecular flexibility index (Phi) is 3.55. The van der Waals surface area contributed by atoms with E-state index in [0.717, 1.165) is 18.5 Å². The van der Waals surface area contributed by atoms with Crippen LogP contribution in [0.25, 0.3) is 0 Å². The van der Waals surface area contributed by atoms with Gasteiger partial charge in [-0.3, -0.25) is 0 Å². The maximum Gasteiger partial charge on any atom is 0.329 e. The maximum atomic E-state index is 12.5. The maximum absolute atomic E-state index is 12.5. The van der Waals surface area contributed by atoms with E-state index in [1.54, 1.807) is 23.1 Å². The van der Waals surface area contributed by atoms with Crippen molar-refractivity contribution in [3.63, 3.8) is 0 Å². The standard InChI is InChI=1S/C15H19N3O3/c1-3-5-12-14(19)18(15(20)17(12)8-4-2)13-9-11(16-21-13)10-6-7-10/h3-4,9-10,12,14,19H,1-2,5-8H2. The first-order valence-corrected chi connectivity index (χ1v) is 7.13. The Bertz CT molecular complexity index is 564. The number of amides is 2.